The Morgan fingerprint density at radius 3 is 2.88 bits per heavy atom. The standard InChI is InChI=1S/C14H21NO/c1-10-4-5-13(11(2)8-10)14-9-15-12(3)6-7-16-14/h4-5,8,12,14-15H,6-7,9H2,1-3H3. The van der Waals surface area contributed by atoms with E-state index in [-0.39, 0.29) is 6.10 Å². The number of ether oxygens (including phenoxy) is 1. The van der Waals surface area contributed by atoms with Crippen molar-refractivity contribution >= 4 is 0 Å². The molecular weight excluding hydrogens is 198 g/mol. The van der Waals surface area contributed by atoms with Crippen LogP contribution in [0.2, 0.25) is 0 Å². The number of hydrogen-bond acceptors (Lipinski definition) is 2. The van der Waals surface area contributed by atoms with Gasteiger partial charge >= 0.3 is 0 Å². The summed E-state index contributed by atoms with van der Waals surface area (Å²) >= 11 is 0. The van der Waals surface area contributed by atoms with Crippen molar-refractivity contribution < 1.29 is 4.74 Å². The Labute approximate surface area is 98.0 Å². The molecule has 0 radical (unpaired) electrons. The van der Waals surface area contributed by atoms with Crippen LogP contribution in [-0.4, -0.2) is 19.2 Å². The van der Waals surface area contributed by atoms with Gasteiger partial charge in [0.25, 0.3) is 0 Å². The molecule has 1 aliphatic rings. The quantitative estimate of drug-likeness (QED) is 0.784. The van der Waals surface area contributed by atoms with Gasteiger partial charge < -0.3 is 10.1 Å². The highest BCUT2D eigenvalue weighted by atomic mass is 16.5. The molecule has 0 spiro atoms. The van der Waals surface area contributed by atoms with Crippen LogP contribution in [0, 0.1) is 13.8 Å². The third-order valence-corrected chi connectivity index (χ3v) is 3.29. The van der Waals surface area contributed by atoms with E-state index in [1.54, 1.807) is 0 Å². The first-order valence-corrected chi connectivity index (χ1v) is 6.09. The normalized spacial score (nSPS) is 26.4. The summed E-state index contributed by atoms with van der Waals surface area (Å²) in [5, 5.41) is 3.51. The Balaban J connectivity index is 2.16. The van der Waals surface area contributed by atoms with Crippen LogP contribution in [0.3, 0.4) is 0 Å². The summed E-state index contributed by atoms with van der Waals surface area (Å²) in [5.74, 6) is 0. The molecule has 16 heavy (non-hydrogen) atoms. The van der Waals surface area contributed by atoms with Crippen molar-refractivity contribution in [3.05, 3.63) is 34.9 Å². The summed E-state index contributed by atoms with van der Waals surface area (Å²) in [6, 6.07) is 7.16. The number of aryl methyl sites for hydroxylation is 2. The average Bonchev–Trinajstić information content (AvgIpc) is 2.43. The van der Waals surface area contributed by atoms with Gasteiger partial charge in [-0.3, -0.25) is 0 Å². The third-order valence-electron chi connectivity index (χ3n) is 3.29. The van der Waals surface area contributed by atoms with Crippen molar-refractivity contribution in [3.63, 3.8) is 0 Å². The van der Waals surface area contributed by atoms with Crippen molar-refractivity contribution in [1.82, 2.24) is 5.32 Å². The molecule has 88 valence electrons. The van der Waals surface area contributed by atoms with E-state index in [0.717, 1.165) is 19.6 Å². The van der Waals surface area contributed by atoms with Crippen molar-refractivity contribution in [2.24, 2.45) is 0 Å². The molecule has 2 atom stereocenters. The highest BCUT2D eigenvalue weighted by molar-refractivity contribution is 5.32. The van der Waals surface area contributed by atoms with E-state index in [0.29, 0.717) is 6.04 Å². The zero-order chi connectivity index (χ0) is 11.5. The fourth-order valence-electron chi connectivity index (χ4n) is 2.24. The maximum absolute atomic E-state index is 5.92. The summed E-state index contributed by atoms with van der Waals surface area (Å²) in [6.45, 7) is 8.29. The van der Waals surface area contributed by atoms with Gasteiger partial charge in [0, 0.05) is 19.2 Å². The van der Waals surface area contributed by atoms with Gasteiger partial charge in [-0.25, -0.2) is 0 Å². The van der Waals surface area contributed by atoms with E-state index in [9.17, 15) is 0 Å². The van der Waals surface area contributed by atoms with Crippen LogP contribution in [0.4, 0.5) is 0 Å². The van der Waals surface area contributed by atoms with Crippen LogP contribution in [-0.2, 0) is 4.74 Å². The predicted molar refractivity (Wildman–Crippen MR) is 66.7 cm³/mol. The van der Waals surface area contributed by atoms with Crippen LogP contribution >= 0.6 is 0 Å². The Kier molecular flexibility index (Phi) is 3.62. The molecule has 1 fully saturated rings. The SMILES string of the molecule is Cc1ccc(C2CNC(C)CCO2)c(C)c1. The van der Waals surface area contributed by atoms with E-state index < -0.39 is 0 Å². The number of benzene rings is 1. The smallest absolute Gasteiger partial charge is 0.0951 e. The minimum atomic E-state index is 0.213. The summed E-state index contributed by atoms with van der Waals surface area (Å²) in [6.07, 6.45) is 1.31. The van der Waals surface area contributed by atoms with Gasteiger partial charge in [-0.15, -0.1) is 0 Å². The van der Waals surface area contributed by atoms with Gasteiger partial charge in [0.05, 0.1) is 6.10 Å². The Hall–Kier alpha value is -0.860. The molecule has 2 heteroatoms. The van der Waals surface area contributed by atoms with Crippen LogP contribution in [0.25, 0.3) is 0 Å². The van der Waals surface area contributed by atoms with Crippen molar-refractivity contribution in [3.8, 4) is 0 Å². The van der Waals surface area contributed by atoms with E-state index in [1.165, 1.54) is 16.7 Å². The van der Waals surface area contributed by atoms with Crippen LogP contribution in [0.15, 0.2) is 18.2 Å². The van der Waals surface area contributed by atoms with Gasteiger partial charge in [0.2, 0.25) is 0 Å². The first-order chi connectivity index (χ1) is 7.66. The molecule has 0 bridgehead atoms. The van der Waals surface area contributed by atoms with Gasteiger partial charge in [-0.05, 0) is 38.3 Å². The zero-order valence-corrected chi connectivity index (χ0v) is 10.4. The molecule has 0 aromatic heterocycles. The maximum Gasteiger partial charge on any atom is 0.0951 e. The first kappa shape index (κ1) is 11.6. The second-order valence-corrected chi connectivity index (χ2v) is 4.82. The van der Waals surface area contributed by atoms with Gasteiger partial charge in [0.15, 0.2) is 0 Å². The van der Waals surface area contributed by atoms with Crippen molar-refractivity contribution in [2.45, 2.75) is 39.3 Å². The predicted octanol–water partition coefficient (Wildman–Crippen LogP) is 2.74. The van der Waals surface area contributed by atoms with E-state index in [4.69, 9.17) is 4.74 Å². The fraction of sp³-hybridized carbons (Fsp3) is 0.571. The van der Waals surface area contributed by atoms with Crippen molar-refractivity contribution in [2.75, 3.05) is 13.2 Å². The zero-order valence-electron chi connectivity index (χ0n) is 10.4. The van der Waals surface area contributed by atoms with E-state index >= 15 is 0 Å². The minimum Gasteiger partial charge on any atom is -0.372 e. The van der Waals surface area contributed by atoms with Gasteiger partial charge in [-0.1, -0.05) is 23.8 Å². The van der Waals surface area contributed by atoms with Gasteiger partial charge in [0.1, 0.15) is 0 Å². The number of hydrogen-bond donors (Lipinski definition) is 1. The molecular formula is C14H21NO. The first-order valence-electron chi connectivity index (χ1n) is 6.09. The number of rotatable bonds is 1. The lowest BCUT2D eigenvalue weighted by Crippen LogP contribution is -2.27. The highest BCUT2D eigenvalue weighted by Gasteiger charge is 2.18. The molecule has 1 N–H and O–H groups in total. The molecule has 1 aromatic rings. The van der Waals surface area contributed by atoms with Crippen LogP contribution in [0.5, 0.6) is 0 Å². The summed E-state index contributed by atoms with van der Waals surface area (Å²) < 4.78 is 5.92. The molecule has 2 unspecified atom stereocenters. The van der Waals surface area contributed by atoms with Crippen LogP contribution in [0.1, 0.15) is 36.1 Å². The largest absolute Gasteiger partial charge is 0.372 e. The lowest BCUT2D eigenvalue weighted by Gasteiger charge is -2.18. The summed E-state index contributed by atoms with van der Waals surface area (Å²) in [5.41, 5.74) is 3.98. The molecule has 2 rings (SSSR count). The average molecular weight is 219 g/mol. The molecule has 1 aliphatic heterocycles. The van der Waals surface area contributed by atoms with E-state index in [1.807, 2.05) is 0 Å². The lowest BCUT2D eigenvalue weighted by atomic mass is 10.0. The molecule has 1 heterocycles. The fourth-order valence-corrected chi connectivity index (χ4v) is 2.24. The minimum absolute atomic E-state index is 0.213. The second-order valence-electron chi connectivity index (χ2n) is 4.82. The third kappa shape index (κ3) is 2.63. The Morgan fingerprint density at radius 2 is 2.12 bits per heavy atom. The molecule has 0 saturated carbocycles. The molecule has 1 saturated heterocycles. The van der Waals surface area contributed by atoms with Gasteiger partial charge in [-0.2, -0.15) is 0 Å². The number of nitrogens with one attached hydrogen (secondary N) is 1. The Bertz CT molecular complexity index is 362. The summed E-state index contributed by atoms with van der Waals surface area (Å²) in [7, 11) is 0. The van der Waals surface area contributed by atoms with Crippen molar-refractivity contribution in [1.29, 1.82) is 0 Å². The van der Waals surface area contributed by atoms with Crippen LogP contribution < -0.4 is 5.32 Å². The highest BCUT2D eigenvalue weighted by Crippen LogP contribution is 2.23. The Morgan fingerprint density at radius 1 is 1.31 bits per heavy atom. The molecule has 1 aromatic carbocycles. The molecule has 0 amide bonds. The van der Waals surface area contributed by atoms with E-state index in [2.05, 4.69) is 44.3 Å². The molecule has 2 nitrogen and oxygen atoms in total. The summed E-state index contributed by atoms with van der Waals surface area (Å²) in [4.78, 5) is 0. The monoisotopic (exact) mass is 219 g/mol. The topological polar surface area (TPSA) is 21.3 Å². The lowest BCUT2D eigenvalue weighted by molar-refractivity contribution is 0.0660. The maximum atomic E-state index is 5.92. The second kappa shape index (κ2) is 4.98. The molecule has 0 aliphatic carbocycles.